The molecule has 1 aliphatic heterocycles. The molecule has 0 atom stereocenters. The van der Waals surface area contributed by atoms with Gasteiger partial charge in [-0.3, -0.25) is 0 Å². The Bertz CT molecular complexity index is 522. The number of fused-ring (bicyclic) bond motifs is 1. The van der Waals surface area contributed by atoms with Gasteiger partial charge in [0.05, 0.1) is 5.02 Å². The number of hydrogen-bond acceptors (Lipinski definition) is 3. The molecule has 2 aliphatic rings. The van der Waals surface area contributed by atoms with Gasteiger partial charge in [0.15, 0.2) is 11.5 Å². The Labute approximate surface area is 125 Å². The van der Waals surface area contributed by atoms with Crippen LogP contribution >= 0.6 is 11.6 Å². The largest absolute Gasteiger partial charge is 0.453 e. The predicted octanol–water partition coefficient (Wildman–Crippen LogP) is 3.96. The Kier molecular flexibility index (Phi) is 3.59. The van der Waals surface area contributed by atoms with E-state index < -0.39 is 0 Å². The van der Waals surface area contributed by atoms with Gasteiger partial charge in [0.25, 0.3) is 0 Å². The zero-order valence-electron chi connectivity index (χ0n) is 12.2. The molecule has 4 heteroatoms. The van der Waals surface area contributed by atoms with Crippen LogP contribution in [-0.2, 0) is 5.41 Å². The van der Waals surface area contributed by atoms with Crippen LogP contribution in [0.25, 0.3) is 0 Å². The normalized spacial score (nSPS) is 19.9. The summed E-state index contributed by atoms with van der Waals surface area (Å²) in [5.74, 6) is 1.90. The molecule has 1 aliphatic carbocycles. The van der Waals surface area contributed by atoms with Crippen molar-refractivity contribution in [2.45, 2.75) is 50.9 Å². The maximum Gasteiger partial charge on any atom is 0.231 e. The fourth-order valence-electron chi connectivity index (χ4n) is 3.70. The molecule has 0 aromatic heterocycles. The molecule has 1 aromatic rings. The molecule has 1 heterocycles. The summed E-state index contributed by atoms with van der Waals surface area (Å²) < 4.78 is 11.2. The van der Waals surface area contributed by atoms with E-state index in [1.165, 1.54) is 24.0 Å². The molecule has 2 N–H and O–H groups in total. The lowest BCUT2D eigenvalue weighted by Gasteiger charge is -2.32. The minimum absolute atomic E-state index is 0.0597. The van der Waals surface area contributed by atoms with Crippen LogP contribution in [0.15, 0.2) is 6.07 Å². The van der Waals surface area contributed by atoms with E-state index in [1.807, 2.05) is 0 Å². The molecule has 3 rings (SSSR count). The van der Waals surface area contributed by atoms with E-state index in [-0.39, 0.29) is 12.2 Å². The van der Waals surface area contributed by atoms with Crippen molar-refractivity contribution in [2.24, 2.45) is 5.73 Å². The lowest BCUT2D eigenvalue weighted by molar-refractivity contribution is 0.173. The van der Waals surface area contributed by atoms with E-state index in [9.17, 15) is 0 Å². The van der Waals surface area contributed by atoms with Crippen LogP contribution < -0.4 is 15.2 Å². The molecule has 0 saturated heterocycles. The Balaban J connectivity index is 2.22. The Morgan fingerprint density at radius 1 is 1.25 bits per heavy atom. The van der Waals surface area contributed by atoms with Crippen LogP contribution in [0.3, 0.4) is 0 Å². The van der Waals surface area contributed by atoms with Crippen molar-refractivity contribution in [3.63, 3.8) is 0 Å². The number of rotatable bonds is 3. The van der Waals surface area contributed by atoms with Gasteiger partial charge in [0.1, 0.15) is 0 Å². The van der Waals surface area contributed by atoms with Crippen molar-refractivity contribution in [1.82, 2.24) is 0 Å². The minimum Gasteiger partial charge on any atom is -0.453 e. The number of ether oxygens (including phenoxy) is 2. The van der Waals surface area contributed by atoms with Crippen molar-refractivity contribution in [1.29, 1.82) is 0 Å². The smallest absolute Gasteiger partial charge is 0.231 e. The highest BCUT2D eigenvalue weighted by Crippen LogP contribution is 2.52. The van der Waals surface area contributed by atoms with Gasteiger partial charge in [-0.1, -0.05) is 38.3 Å². The van der Waals surface area contributed by atoms with Gasteiger partial charge < -0.3 is 15.2 Å². The van der Waals surface area contributed by atoms with Gasteiger partial charge in [-0.2, -0.15) is 0 Å². The second-order valence-corrected chi connectivity index (χ2v) is 6.64. The summed E-state index contributed by atoms with van der Waals surface area (Å²) in [6.07, 6.45) is 4.75. The van der Waals surface area contributed by atoms with Crippen LogP contribution in [-0.4, -0.2) is 13.3 Å². The van der Waals surface area contributed by atoms with E-state index in [4.69, 9.17) is 26.8 Å². The maximum atomic E-state index is 6.40. The van der Waals surface area contributed by atoms with Gasteiger partial charge >= 0.3 is 0 Å². The molecule has 0 spiro atoms. The number of nitrogens with two attached hydrogens (primary N) is 1. The highest BCUT2D eigenvalue weighted by molar-refractivity contribution is 6.32. The van der Waals surface area contributed by atoms with Gasteiger partial charge in [-0.15, -0.1) is 0 Å². The van der Waals surface area contributed by atoms with Gasteiger partial charge in [0.2, 0.25) is 6.79 Å². The van der Waals surface area contributed by atoms with Gasteiger partial charge in [0, 0.05) is 17.5 Å². The van der Waals surface area contributed by atoms with Gasteiger partial charge in [-0.25, -0.2) is 0 Å². The van der Waals surface area contributed by atoms with E-state index in [0.717, 1.165) is 18.6 Å². The molecule has 1 saturated carbocycles. The summed E-state index contributed by atoms with van der Waals surface area (Å²) in [5.41, 5.74) is 8.72. The first kappa shape index (κ1) is 14.0. The van der Waals surface area contributed by atoms with Gasteiger partial charge in [-0.05, 0) is 30.4 Å². The van der Waals surface area contributed by atoms with Crippen LogP contribution in [0.1, 0.15) is 56.6 Å². The molecule has 1 aromatic carbocycles. The second kappa shape index (κ2) is 5.12. The number of hydrogen-bond donors (Lipinski definition) is 1. The summed E-state index contributed by atoms with van der Waals surface area (Å²) in [7, 11) is 0. The van der Waals surface area contributed by atoms with E-state index in [2.05, 4.69) is 19.9 Å². The Hall–Kier alpha value is -0.930. The SMILES string of the molecule is CC(C)c1c(C2(CN)CCCC2)cc(Cl)c2c1OCO2. The van der Waals surface area contributed by atoms with E-state index in [0.29, 0.717) is 23.2 Å². The quantitative estimate of drug-likeness (QED) is 0.918. The summed E-state index contributed by atoms with van der Waals surface area (Å²) in [5, 5.41) is 0.650. The van der Waals surface area contributed by atoms with Crippen LogP contribution in [0.2, 0.25) is 5.02 Å². The first-order valence-corrected chi connectivity index (χ1v) is 7.79. The summed E-state index contributed by atoms with van der Waals surface area (Å²) in [4.78, 5) is 0. The lowest BCUT2D eigenvalue weighted by Crippen LogP contribution is -2.33. The number of benzene rings is 1. The molecule has 0 unspecified atom stereocenters. The highest BCUT2D eigenvalue weighted by atomic mass is 35.5. The molecule has 0 amide bonds. The van der Waals surface area contributed by atoms with Crippen molar-refractivity contribution in [3.8, 4) is 11.5 Å². The van der Waals surface area contributed by atoms with Crippen molar-refractivity contribution in [3.05, 3.63) is 22.2 Å². The molecule has 0 radical (unpaired) electrons. The lowest BCUT2D eigenvalue weighted by atomic mass is 9.74. The van der Waals surface area contributed by atoms with Crippen LogP contribution in [0.5, 0.6) is 11.5 Å². The topological polar surface area (TPSA) is 44.5 Å². The third kappa shape index (κ3) is 1.99. The Morgan fingerprint density at radius 2 is 1.90 bits per heavy atom. The average Bonchev–Trinajstić information content (AvgIpc) is 3.07. The first-order chi connectivity index (χ1) is 9.59. The van der Waals surface area contributed by atoms with E-state index in [1.54, 1.807) is 0 Å². The zero-order valence-corrected chi connectivity index (χ0v) is 12.9. The third-order valence-electron chi connectivity index (χ3n) is 4.74. The predicted molar refractivity (Wildman–Crippen MR) is 80.9 cm³/mol. The number of halogens is 1. The van der Waals surface area contributed by atoms with Crippen LogP contribution in [0.4, 0.5) is 0 Å². The zero-order chi connectivity index (χ0) is 14.3. The molecular weight excluding hydrogens is 274 g/mol. The first-order valence-electron chi connectivity index (χ1n) is 7.41. The summed E-state index contributed by atoms with van der Waals surface area (Å²) in [6, 6.07) is 2.07. The second-order valence-electron chi connectivity index (χ2n) is 6.23. The molecular formula is C16H22ClNO2. The molecule has 3 nitrogen and oxygen atoms in total. The fourth-order valence-corrected chi connectivity index (χ4v) is 3.94. The molecule has 1 fully saturated rings. The van der Waals surface area contributed by atoms with Crippen molar-refractivity contribution < 1.29 is 9.47 Å². The standard InChI is InChI=1S/C16H22ClNO2/c1-10(2)13-11(16(8-18)5-3-4-6-16)7-12(17)14-15(13)20-9-19-14/h7,10H,3-6,8-9,18H2,1-2H3. The van der Waals surface area contributed by atoms with Crippen LogP contribution in [0, 0.1) is 0 Å². The Morgan fingerprint density at radius 3 is 2.50 bits per heavy atom. The van der Waals surface area contributed by atoms with Crippen molar-refractivity contribution in [2.75, 3.05) is 13.3 Å². The van der Waals surface area contributed by atoms with E-state index >= 15 is 0 Å². The third-order valence-corrected chi connectivity index (χ3v) is 5.02. The van der Waals surface area contributed by atoms with Crippen molar-refractivity contribution >= 4 is 11.6 Å². The molecule has 0 bridgehead atoms. The fraction of sp³-hybridized carbons (Fsp3) is 0.625. The highest BCUT2D eigenvalue weighted by Gasteiger charge is 2.39. The molecule has 110 valence electrons. The minimum atomic E-state index is 0.0597. The maximum absolute atomic E-state index is 6.40. The summed E-state index contributed by atoms with van der Waals surface area (Å²) in [6.45, 7) is 5.30. The average molecular weight is 296 g/mol. The monoisotopic (exact) mass is 295 g/mol. The molecule has 20 heavy (non-hydrogen) atoms. The summed E-state index contributed by atoms with van der Waals surface area (Å²) >= 11 is 6.40.